The van der Waals surface area contributed by atoms with Gasteiger partial charge < -0.3 is 14.9 Å². The summed E-state index contributed by atoms with van der Waals surface area (Å²) in [5.41, 5.74) is 2.03. The Morgan fingerprint density at radius 2 is 1.94 bits per heavy atom. The normalized spacial score (nSPS) is 15.2. The van der Waals surface area contributed by atoms with Crippen molar-refractivity contribution >= 4 is 28.0 Å². The van der Waals surface area contributed by atoms with Gasteiger partial charge in [-0.3, -0.25) is 19.1 Å². The van der Waals surface area contributed by atoms with Gasteiger partial charge >= 0.3 is 5.69 Å². The van der Waals surface area contributed by atoms with Gasteiger partial charge in [-0.1, -0.05) is 18.2 Å². The predicted molar refractivity (Wildman–Crippen MR) is 117 cm³/mol. The first kappa shape index (κ1) is 19.3. The minimum atomic E-state index is -0.510. The second-order valence-corrected chi connectivity index (χ2v) is 8.15. The zero-order chi connectivity index (χ0) is 21.5. The molecular weight excluding hydrogens is 396 g/mol. The first-order chi connectivity index (χ1) is 15.0. The van der Waals surface area contributed by atoms with Crippen molar-refractivity contribution in [2.75, 3.05) is 13.1 Å². The summed E-state index contributed by atoms with van der Waals surface area (Å²) in [4.78, 5) is 51.2. The Morgan fingerprint density at radius 1 is 1.16 bits per heavy atom. The third kappa shape index (κ3) is 3.45. The molecule has 3 N–H and O–H groups in total. The minimum absolute atomic E-state index is 0.0839. The highest BCUT2D eigenvalue weighted by molar-refractivity contribution is 5.83. The Kier molecular flexibility index (Phi) is 4.72. The third-order valence-corrected chi connectivity index (χ3v) is 6.29. The maximum Gasteiger partial charge on any atom is 0.329 e. The van der Waals surface area contributed by atoms with Gasteiger partial charge in [-0.15, -0.1) is 0 Å². The number of aromatic amines is 3. The van der Waals surface area contributed by atoms with Crippen molar-refractivity contribution in [2.45, 2.75) is 31.6 Å². The lowest BCUT2D eigenvalue weighted by Gasteiger charge is -2.32. The van der Waals surface area contributed by atoms with Crippen LogP contribution >= 0.6 is 0 Å². The molecule has 4 aromatic rings. The van der Waals surface area contributed by atoms with Gasteiger partial charge in [-0.05, 0) is 30.4 Å². The number of H-pyrrole nitrogens is 3. The van der Waals surface area contributed by atoms with E-state index in [0.29, 0.717) is 30.2 Å². The number of hydrogen-bond donors (Lipinski definition) is 3. The van der Waals surface area contributed by atoms with Crippen LogP contribution in [-0.2, 0) is 18.3 Å². The topological polar surface area (TPSA) is 120 Å². The molecule has 0 spiro atoms. The summed E-state index contributed by atoms with van der Waals surface area (Å²) < 4.78 is 1.29. The average molecular weight is 420 g/mol. The van der Waals surface area contributed by atoms with Gasteiger partial charge in [0.2, 0.25) is 5.91 Å². The van der Waals surface area contributed by atoms with E-state index in [-0.39, 0.29) is 11.4 Å². The first-order valence-electron chi connectivity index (χ1n) is 10.5. The molecule has 3 aromatic heterocycles. The zero-order valence-corrected chi connectivity index (χ0v) is 17.3. The molecule has 1 saturated heterocycles. The van der Waals surface area contributed by atoms with Crippen molar-refractivity contribution in [3.63, 3.8) is 0 Å². The SMILES string of the molecule is Cn1c(=O)[nH]c(=O)c2[nH]c(CCC(=O)N3CCC(c4c[nH]c5ccccc45)CC3)nc21. The standard InChI is InChI=1S/C22H24N6O3/c1-27-20-19(21(30)26-22(27)31)24-17(25-20)6-7-18(29)28-10-8-13(9-11-28)15-12-23-16-5-3-2-4-14(15)16/h2-5,12-13,23H,6-11H2,1H3,(H,24,25)(H,26,30,31). The smallest absolute Gasteiger partial charge is 0.329 e. The molecular formula is C22H24N6O3. The fourth-order valence-electron chi connectivity index (χ4n) is 4.53. The number of carbonyl (C=O) groups is 1. The van der Waals surface area contributed by atoms with Crippen molar-refractivity contribution in [1.82, 2.24) is 29.4 Å². The van der Waals surface area contributed by atoms with Crippen LogP contribution in [0.2, 0.25) is 0 Å². The van der Waals surface area contributed by atoms with E-state index in [1.165, 1.54) is 15.5 Å². The summed E-state index contributed by atoms with van der Waals surface area (Å²) in [6.07, 6.45) is 4.68. The Hall–Kier alpha value is -3.62. The fraction of sp³-hybridized carbons (Fsp3) is 0.364. The van der Waals surface area contributed by atoms with Crippen molar-refractivity contribution in [3.05, 3.63) is 62.7 Å². The fourth-order valence-corrected chi connectivity index (χ4v) is 4.53. The lowest BCUT2D eigenvalue weighted by atomic mass is 9.89. The Balaban J connectivity index is 1.22. The molecule has 5 rings (SSSR count). The monoisotopic (exact) mass is 420 g/mol. The molecule has 0 atom stereocenters. The van der Waals surface area contributed by atoms with E-state index in [9.17, 15) is 14.4 Å². The Labute approximate surface area is 177 Å². The molecule has 1 aliphatic heterocycles. The van der Waals surface area contributed by atoms with Crippen LogP contribution in [-0.4, -0.2) is 48.4 Å². The van der Waals surface area contributed by atoms with Gasteiger partial charge in [0.25, 0.3) is 5.56 Å². The van der Waals surface area contributed by atoms with E-state index in [2.05, 4.69) is 44.3 Å². The van der Waals surface area contributed by atoms with Gasteiger partial charge in [0.05, 0.1) is 0 Å². The van der Waals surface area contributed by atoms with Gasteiger partial charge in [-0.25, -0.2) is 9.78 Å². The molecule has 4 heterocycles. The molecule has 0 aliphatic carbocycles. The maximum absolute atomic E-state index is 12.7. The van der Waals surface area contributed by atoms with Crippen LogP contribution in [0.4, 0.5) is 0 Å². The molecule has 0 bridgehead atoms. The number of aromatic nitrogens is 5. The van der Waals surface area contributed by atoms with Crippen LogP contribution in [0.5, 0.6) is 0 Å². The Bertz CT molecular complexity index is 1380. The van der Waals surface area contributed by atoms with E-state index in [1.807, 2.05) is 11.0 Å². The number of likely N-dealkylation sites (tertiary alicyclic amines) is 1. The summed E-state index contributed by atoms with van der Waals surface area (Å²) >= 11 is 0. The summed E-state index contributed by atoms with van der Waals surface area (Å²) in [6, 6.07) is 8.32. The van der Waals surface area contributed by atoms with Crippen LogP contribution < -0.4 is 11.2 Å². The molecule has 31 heavy (non-hydrogen) atoms. The number of benzene rings is 1. The largest absolute Gasteiger partial charge is 0.361 e. The number of nitrogens with one attached hydrogen (secondary N) is 3. The molecule has 0 saturated carbocycles. The van der Waals surface area contributed by atoms with Crippen molar-refractivity contribution in [2.24, 2.45) is 7.05 Å². The lowest BCUT2D eigenvalue weighted by molar-refractivity contribution is -0.132. The number of fused-ring (bicyclic) bond motifs is 2. The van der Waals surface area contributed by atoms with Crippen LogP contribution in [0.25, 0.3) is 22.1 Å². The van der Waals surface area contributed by atoms with Crippen LogP contribution in [0.15, 0.2) is 40.1 Å². The third-order valence-electron chi connectivity index (χ3n) is 6.29. The second kappa shape index (κ2) is 7.57. The van der Waals surface area contributed by atoms with Gasteiger partial charge in [-0.2, -0.15) is 0 Å². The van der Waals surface area contributed by atoms with Gasteiger partial charge in [0.1, 0.15) is 11.3 Å². The number of carbonyl (C=O) groups excluding carboxylic acids is 1. The highest BCUT2D eigenvalue weighted by atomic mass is 16.2. The number of imidazole rings is 1. The van der Waals surface area contributed by atoms with Crippen LogP contribution in [0, 0.1) is 0 Å². The number of aryl methyl sites for hydroxylation is 2. The summed E-state index contributed by atoms with van der Waals surface area (Å²) in [5.74, 6) is 1.06. The number of hydrogen-bond acceptors (Lipinski definition) is 4. The number of nitrogens with zero attached hydrogens (tertiary/aromatic N) is 3. The first-order valence-corrected chi connectivity index (χ1v) is 10.5. The van der Waals surface area contributed by atoms with E-state index < -0.39 is 11.2 Å². The number of piperidine rings is 1. The predicted octanol–water partition coefficient (Wildman–Crippen LogP) is 1.77. The quantitative estimate of drug-likeness (QED) is 0.466. The molecule has 1 fully saturated rings. The van der Waals surface area contributed by atoms with Crippen molar-refractivity contribution in [3.8, 4) is 0 Å². The van der Waals surface area contributed by atoms with E-state index in [1.54, 1.807) is 7.05 Å². The van der Waals surface area contributed by atoms with E-state index in [0.717, 1.165) is 31.4 Å². The van der Waals surface area contributed by atoms with Crippen molar-refractivity contribution in [1.29, 1.82) is 0 Å². The van der Waals surface area contributed by atoms with Crippen LogP contribution in [0.3, 0.4) is 0 Å². The zero-order valence-electron chi connectivity index (χ0n) is 17.3. The molecule has 1 aromatic carbocycles. The lowest BCUT2D eigenvalue weighted by Crippen LogP contribution is -2.38. The highest BCUT2D eigenvalue weighted by Gasteiger charge is 2.25. The Morgan fingerprint density at radius 3 is 2.74 bits per heavy atom. The molecule has 1 aliphatic rings. The number of rotatable bonds is 4. The average Bonchev–Trinajstić information content (AvgIpc) is 3.41. The van der Waals surface area contributed by atoms with E-state index in [4.69, 9.17) is 0 Å². The second-order valence-electron chi connectivity index (χ2n) is 8.15. The maximum atomic E-state index is 12.7. The summed E-state index contributed by atoms with van der Waals surface area (Å²) in [7, 11) is 1.55. The molecule has 1 amide bonds. The van der Waals surface area contributed by atoms with Gasteiger partial charge in [0, 0.05) is 50.1 Å². The molecule has 160 valence electrons. The number of amides is 1. The minimum Gasteiger partial charge on any atom is -0.361 e. The molecule has 0 unspecified atom stereocenters. The van der Waals surface area contributed by atoms with Gasteiger partial charge in [0.15, 0.2) is 5.65 Å². The summed E-state index contributed by atoms with van der Waals surface area (Å²) in [6.45, 7) is 1.47. The highest BCUT2D eigenvalue weighted by Crippen LogP contribution is 2.33. The van der Waals surface area contributed by atoms with Crippen LogP contribution in [0.1, 0.15) is 36.6 Å². The van der Waals surface area contributed by atoms with Crippen molar-refractivity contribution < 1.29 is 4.79 Å². The summed E-state index contributed by atoms with van der Waals surface area (Å²) in [5, 5.41) is 1.27. The number of para-hydroxylation sites is 1. The van der Waals surface area contributed by atoms with E-state index >= 15 is 0 Å². The molecule has 0 radical (unpaired) electrons. The molecule has 9 nitrogen and oxygen atoms in total. The molecule has 9 heteroatoms.